The van der Waals surface area contributed by atoms with Crippen LogP contribution in [0.15, 0.2) is 60.7 Å². The molecule has 0 fully saturated rings. The number of benzene rings is 2. The summed E-state index contributed by atoms with van der Waals surface area (Å²) in [6.45, 7) is 0. The molecule has 113 valence electrons. The third-order valence-electron chi connectivity index (χ3n) is 2.39. The molecule has 2 aromatic rings. The molecule has 2 rings (SSSR count). The Hall–Kier alpha value is -1.82. The van der Waals surface area contributed by atoms with Gasteiger partial charge in [0.25, 0.3) is 0 Å². The third-order valence-corrected chi connectivity index (χ3v) is 6.60. The second kappa shape index (κ2) is 6.30. The Labute approximate surface area is 125 Å². The fourth-order valence-corrected chi connectivity index (χ4v) is 4.85. The summed E-state index contributed by atoms with van der Waals surface area (Å²) >= 11 is -2.65. The van der Waals surface area contributed by atoms with Crippen molar-refractivity contribution in [2.24, 2.45) is 0 Å². The molecule has 0 saturated heterocycles. The van der Waals surface area contributed by atoms with E-state index in [0.29, 0.717) is 0 Å². The van der Waals surface area contributed by atoms with Gasteiger partial charge in [-0.05, 0) is 0 Å². The summed E-state index contributed by atoms with van der Waals surface area (Å²) in [5.74, 6) is 0. The molecular formula is C14H11NiO5S. The first-order valence-corrected chi connectivity index (χ1v) is 9.18. The van der Waals surface area contributed by atoms with Gasteiger partial charge in [-0.15, -0.1) is 0 Å². The quantitative estimate of drug-likeness (QED) is 0.659. The van der Waals surface area contributed by atoms with Crippen LogP contribution >= 0.6 is 0 Å². The van der Waals surface area contributed by atoms with Crippen molar-refractivity contribution in [1.82, 2.24) is 0 Å². The molecule has 0 unspecified atom stereocenters. The Kier molecular flexibility index (Phi) is 4.67. The van der Waals surface area contributed by atoms with Gasteiger partial charge < -0.3 is 0 Å². The predicted molar refractivity (Wildman–Crippen MR) is 73.1 cm³/mol. The Bertz CT molecular complexity index is 705. The topological polar surface area (TPSA) is 88.5 Å². The van der Waals surface area contributed by atoms with Gasteiger partial charge in [-0.2, -0.15) is 0 Å². The Morgan fingerprint density at radius 1 is 0.762 bits per heavy atom. The van der Waals surface area contributed by atoms with Crippen LogP contribution in [0.3, 0.4) is 0 Å². The monoisotopic (exact) mass is 349 g/mol. The molecule has 2 aromatic carbocycles. The molecule has 0 amide bonds. The molecule has 0 aliphatic rings. The van der Waals surface area contributed by atoms with Crippen molar-refractivity contribution in [2.45, 2.75) is 0 Å². The molecule has 21 heavy (non-hydrogen) atoms. The molecule has 0 aliphatic carbocycles. The van der Waals surface area contributed by atoms with E-state index in [1.807, 2.05) is 0 Å². The molecule has 0 bridgehead atoms. The van der Waals surface area contributed by atoms with Gasteiger partial charge in [-0.3, -0.25) is 0 Å². The first-order chi connectivity index (χ1) is 9.91. The second-order valence-corrected chi connectivity index (χ2v) is 8.71. The Morgan fingerprint density at radius 2 is 1.10 bits per heavy atom. The van der Waals surface area contributed by atoms with Crippen molar-refractivity contribution >= 4 is 18.1 Å². The van der Waals surface area contributed by atoms with Crippen molar-refractivity contribution in [1.29, 1.82) is 0 Å². The summed E-state index contributed by atoms with van der Waals surface area (Å²) in [5.41, 5.74) is 0.129. The van der Waals surface area contributed by atoms with Crippen LogP contribution in [-0.4, -0.2) is 22.5 Å². The Morgan fingerprint density at radius 3 is 1.38 bits per heavy atom. The van der Waals surface area contributed by atoms with E-state index in [4.69, 9.17) is 0 Å². The standard InChI is InChI=1S/2C7H5O.Ni.HO3S/c2*8-6-7-4-2-1-3-5-7;;1-4(2)3/h2*1-5H;;(H,1,2,3). The van der Waals surface area contributed by atoms with Crippen LogP contribution in [-0.2, 0) is 21.0 Å². The summed E-state index contributed by atoms with van der Waals surface area (Å²) in [6.07, 6.45) is 0. The molecule has 0 atom stereocenters. The van der Waals surface area contributed by atoms with Gasteiger partial charge in [0.15, 0.2) is 0 Å². The van der Waals surface area contributed by atoms with Gasteiger partial charge in [0.2, 0.25) is 0 Å². The van der Waals surface area contributed by atoms with Crippen molar-refractivity contribution in [3.63, 3.8) is 0 Å². The average molecular weight is 350 g/mol. The van der Waals surface area contributed by atoms with E-state index >= 15 is 0 Å². The maximum absolute atomic E-state index is 12.3. The summed E-state index contributed by atoms with van der Waals surface area (Å²) < 4.78 is 30.5. The number of carbonyl (C=O) groups excluding carboxylic acids is 2. The van der Waals surface area contributed by atoms with Crippen molar-refractivity contribution in [3.8, 4) is 0 Å². The minimum atomic E-state index is -4.82. The molecule has 5 nitrogen and oxygen atoms in total. The molecule has 0 aromatic heterocycles. The molecule has 0 heterocycles. The first-order valence-electron chi connectivity index (χ1n) is 5.69. The molecular weight excluding hydrogens is 339 g/mol. The van der Waals surface area contributed by atoms with E-state index in [1.165, 1.54) is 24.3 Å². The first kappa shape index (κ1) is 15.6. The van der Waals surface area contributed by atoms with Gasteiger partial charge >= 0.3 is 125 Å². The van der Waals surface area contributed by atoms with Crippen LogP contribution in [0.2, 0.25) is 0 Å². The molecule has 0 radical (unpaired) electrons. The van der Waals surface area contributed by atoms with E-state index in [2.05, 4.69) is 0 Å². The van der Waals surface area contributed by atoms with Crippen LogP contribution in [0.1, 0.15) is 20.7 Å². The average Bonchev–Trinajstić information content (AvgIpc) is 2.47. The molecule has 0 saturated carbocycles. The van der Waals surface area contributed by atoms with Gasteiger partial charge in [0.05, 0.1) is 0 Å². The van der Waals surface area contributed by atoms with Crippen LogP contribution < -0.4 is 0 Å². The summed E-state index contributed by atoms with van der Waals surface area (Å²) in [4.78, 5) is 24.5. The second-order valence-electron chi connectivity index (χ2n) is 3.81. The molecule has 0 aliphatic heterocycles. The maximum atomic E-state index is 12.3. The fraction of sp³-hybridized carbons (Fsp3) is 0. The predicted octanol–water partition coefficient (Wildman–Crippen LogP) is 2.09. The zero-order valence-corrected chi connectivity index (χ0v) is 12.4. The van der Waals surface area contributed by atoms with E-state index < -0.39 is 30.5 Å². The van der Waals surface area contributed by atoms with Crippen LogP contribution in [0.5, 0.6) is 0 Å². The molecule has 0 spiro atoms. The zero-order chi connectivity index (χ0) is 15.5. The van der Waals surface area contributed by atoms with Crippen LogP contribution in [0.25, 0.3) is 0 Å². The summed E-state index contributed by atoms with van der Waals surface area (Å²) in [6, 6.07) is 15.1. The summed E-state index contributed by atoms with van der Waals surface area (Å²) in [5, 5.41) is 0. The van der Waals surface area contributed by atoms with Crippen LogP contribution in [0.4, 0.5) is 0 Å². The van der Waals surface area contributed by atoms with Gasteiger partial charge in [0.1, 0.15) is 0 Å². The van der Waals surface area contributed by atoms with E-state index in [-0.39, 0.29) is 11.1 Å². The number of rotatable bonds is 5. The van der Waals surface area contributed by atoms with E-state index in [9.17, 15) is 22.6 Å². The van der Waals surface area contributed by atoms with Crippen molar-refractivity contribution in [3.05, 3.63) is 71.8 Å². The fourth-order valence-electron chi connectivity index (χ4n) is 1.50. The zero-order valence-electron chi connectivity index (χ0n) is 10.6. The van der Waals surface area contributed by atoms with Crippen molar-refractivity contribution < 1.29 is 34.9 Å². The van der Waals surface area contributed by atoms with E-state index in [0.717, 1.165) is 0 Å². The molecule has 1 N–H and O–H groups in total. The van der Waals surface area contributed by atoms with E-state index in [1.54, 1.807) is 36.4 Å². The summed E-state index contributed by atoms with van der Waals surface area (Å²) in [7, 11) is -4.82. The van der Waals surface area contributed by atoms with Crippen molar-refractivity contribution in [2.75, 3.05) is 0 Å². The molecule has 7 heteroatoms. The van der Waals surface area contributed by atoms with Gasteiger partial charge in [-0.1, -0.05) is 0 Å². The minimum absolute atomic E-state index is 0.0643. The third kappa shape index (κ3) is 3.64. The van der Waals surface area contributed by atoms with Gasteiger partial charge in [0, 0.05) is 0 Å². The SMILES string of the molecule is O=[C](c1ccccc1)[Ni]([C](=O)c1ccccc1)[S](=O)(=O)O. The van der Waals surface area contributed by atoms with Crippen LogP contribution in [0, 0.1) is 0 Å². The normalized spacial score (nSPS) is 11.8. The number of hydrogen-bond acceptors (Lipinski definition) is 4. The van der Waals surface area contributed by atoms with Gasteiger partial charge in [-0.25, -0.2) is 0 Å². The number of hydrogen-bond donors (Lipinski definition) is 1. The number of carbonyl (C=O) groups is 2. The Balaban J connectivity index is 2.46.